The molecule has 1 fully saturated rings. The molecule has 1 aliphatic heterocycles. The van der Waals surface area contributed by atoms with Crippen molar-refractivity contribution in [2.75, 3.05) is 7.11 Å². The molecule has 4 aromatic rings. The van der Waals surface area contributed by atoms with Gasteiger partial charge in [0.05, 0.1) is 41.7 Å². The lowest BCUT2D eigenvalue weighted by Crippen LogP contribution is -2.32. The second kappa shape index (κ2) is 11.7. The zero-order valence-corrected chi connectivity index (χ0v) is 22.5. The first-order chi connectivity index (χ1) is 19.7. The molecule has 41 heavy (non-hydrogen) atoms. The fourth-order valence-electron chi connectivity index (χ4n) is 4.36. The fraction of sp³-hybridized carbons (Fsp3) is 0.167. The molecule has 1 atom stereocenters. The molecule has 0 aliphatic carbocycles. The molecule has 208 valence electrons. The van der Waals surface area contributed by atoms with Gasteiger partial charge in [-0.15, -0.1) is 0 Å². The molecule has 2 amide bonds. The number of carboxylic acids is 1. The van der Waals surface area contributed by atoms with Gasteiger partial charge in [0.1, 0.15) is 17.9 Å². The van der Waals surface area contributed by atoms with Gasteiger partial charge in [-0.05, 0) is 47.5 Å². The topological polar surface area (TPSA) is 140 Å². The van der Waals surface area contributed by atoms with E-state index < -0.39 is 28.3 Å². The highest BCUT2D eigenvalue weighted by molar-refractivity contribution is 8.15. The van der Waals surface area contributed by atoms with Crippen LogP contribution in [0.4, 0.5) is 4.79 Å². The minimum absolute atomic E-state index is 0.00313. The number of hydrogen-bond donors (Lipinski definition) is 1. The lowest BCUT2D eigenvalue weighted by molar-refractivity contribution is -0.127. The lowest BCUT2D eigenvalue weighted by atomic mass is 10.1. The van der Waals surface area contributed by atoms with Crippen molar-refractivity contribution in [2.45, 2.75) is 24.8 Å². The Hall–Kier alpha value is -4.90. The SMILES string of the molecule is COC(=O)c1cccc(COc2ccc3c(=O)c(CC4SC(=O)N(Cc5ccc(C(=O)O)cc5)C4=O)coc3c2)c1. The number of fused-ring (bicyclic) bond motifs is 1. The largest absolute Gasteiger partial charge is 0.489 e. The maximum absolute atomic E-state index is 13.2. The first-order valence-electron chi connectivity index (χ1n) is 12.4. The van der Waals surface area contributed by atoms with Gasteiger partial charge >= 0.3 is 11.9 Å². The van der Waals surface area contributed by atoms with Crippen LogP contribution in [0.25, 0.3) is 11.0 Å². The molecule has 10 nitrogen and oxygen atoms in total. The predicted octanol–water partition coefficient (Wildman–Crippen LogP) is 4.66. The smallest absolute Gasteiger partial charge is 0.337 e. The molecule has 1 aliphatic rings. The number of carboxylic acid groups (broad SMARTS) is 1. The summed E-state index contributed by atoms with van der Waals surface area (Å²) in [4.78, 5) is 62.6. The van der Waals surface area contributed by atoms with E-state index in [-0.39, 0.29) is 36.1 Å². The summed E-state index contributed by atoms with van der Waals surface area (Å²) in [7, 11) is 1.31. The molecule has 0 radical (unpaired) electrons. The summed E-state index contributed by atoms with van der Waals surface area (Å²) >= 11 is 0.843. The van der Waals surface area contributed by atoms with Crippen LogP contribution >= 0.6 is 11.8 Å². The third-order valence-corrected chi connectivity index (χ3v) is 7.60. The standard InChI is InChI=1S/C30H23NO9S/c1-38-29(36)20-4-2-3-18(11-20)15-39-22-9-10-23-24(13-22)40-16-21(26(23)32)12-25-27(33)31(30(37)41-25)14-17-5-7-19(8-6-17)28(34)35/h2-11,13,16,25H,12,14-15H2,1H3,(H,34,35). The molecule has 1 aromatic heterocycles. The third kappa shape index (κ3) is 5.99. The molecule has 0 bridgehead atoms. The van der Waals surface area contributed by atoms with Crippen LogP contribution in [-0.2, 0) is 29.1 Å². The van der Waals surface area contributed by atoms with E-state index in [1.165, 1.54) is 25.5 Å². The Balaban J connectivity index is 1.26. The van der Waals surface area contributed by atoms with Crippen molar-refractivity contribution in [3.05, 3.63) is 111 Å². The molecule has 1 N–H and O–H groups in total. The van der Waals surface area contributed by atoms with Crippen LogP contribution < -0.4 is 10.2 Å². The van der Waals surface area contributed by atoms with E-state index in [4.69, 9.17) is 19.0 Å². The number of nitrogens with zero attached hydrogens (tertiary/aromatic N) is 1. The van der Waals surface area contributed by atoms with E-state index in [0.29, 0.717) is 27.8 Å². The number of methoxy groups -OCH3 is 1. The zero-order valence-electron chi connectivity index (χ0n) is 21.7. The number of hydrogen-bond acceptors (Lipinski definition) is 9. The van der Waals surface area contributed by atoms with Crippen LogP contribution in [0.3, 0.4) is 0 Å². The monoisotopic (exact) mass is 573 g/mol. The molecule has 3 aromatic carbocycles. The Bertz CT molecular complexity index is 1730. The summed E-state index contributed by atoms with van der Waals surface area (Å²) in [6.45, 7) is 0.178. The number of thioether (sulfide) groups is 1. The van der Waals surface area contributed by atoms with Gasteiger partial charge in [-0.3, -0.25) is 19.3 Å². The van der Waals surface area contributed by atoms with E-state index in [2.05, 4.69) is 0 Å². The normalized spacial score (nSPS) is 14.9. The molecule has 11 heteroatoms. The first kappa shape index (κ1) is 27.7. The molecule has 5 rings (SSSR count). The second-order valence-electron chi connectivity index (χ2n) is 9.23. The minimum atomic E-state index is -1.07. The highest BCUT2D eigenvalue weighted by Crippen LogP contribution is 2.31. The second-order valence-corrected chi connectivity index (χ2v) is 10.4. The van der Waals surface area contributed by atoms with Crippen molar-refractivity contribution in [3.8, 4) is 5.75 Å². The van der Waals surface area contributed by atoms with Crippen molar-refractivity contribution in [2.24, 2.45) is 0 Å². The van der Waals surface area contributed by atoms with E-state index in [9.17, 15) is 24.0 Å². The summed E-state index contributed by atoms with van der Waals surface area (Å²) in [5.41, 5.74) is 2.12. The van der Waals surface area contributed by atoms with Crippen LogP contribution in [-0.4, -0.2) is 45.5 Å². The number of rotatable bonds is 9. The van der Waals surface area contributed by atoms with E-state index in [0.717, 1.165) is 22.2 Å². The Morgan fingerprint density at radius 1 is 0.976 bits per heavy atom. The molecule has 0 saturated carbocycles. The van der Waals surface area contributed by atoms with Gasteiger partial charge in [0.2, 0.25) is 5.91 Å². The summed E-state index contributed by atoms with van der Waals surface area (Å²) in [5, 5.41) is 8.12. The quantitative estimate of drug-likeness (QED) is 0.281. The number of amides is 2. The van der Waals surface area contributed by atoms with Crippen molar-refractivity contribution < 1.29 is 38.2 Å². The van der Waals surface area contributed by atoms with Gasteiger partial charge in [-0.25, -0.2) is 9.59 Å². The summed E-state index contributed by atoms with van der Waals surface area (Å²) in [5.74, 6) is -1.49. The van der Waals surface area contributed by atoms with Gasteiger partial charge in [0, 0.05) is 18.1 Å². The van der Waals surface area contributed by atoms with Gasteiger partial charge in [0.25, 0.3) is 5.24 Å². The Kier molecular flexibility index (Phi) is 7.88. The summed E-state index contributed by atoms with van der Waals surface area (Å²) < 4.78 is 16.3. The number of ether oxygens (including phenoxy) is 2. The van der Waals surface area contributed by atoms with Crippen LogP contribution in [0, 0.1) is 0 Å². The van der Waals surface area contributed by atoms with Gasteiger partial charge in [-0.1, -0.05) is 36.0 Å². The molecule has 2 heterocycles. The van der Waals surface area contributed by atoms with Crippen LogP contribution in [0.2, 0.25) is 0 Å². The van der Waals surface area contributed by atoms with Crippen molar-refractivity contribution in [1.82, 2.24) is 4.90 Å². The van der Waals surface area contributed by atoms with Gasteiger partial charge < -0.3 is 19.0 Å². The number of imide groups is 1. The highest BCUT2D eigenvalue weighted by Gasteiger charge is 2.40. The fourth-order valence-corrected chi connectivity index (χ4v) is 5.37. The molecule has 1 unspecified atom stereocenters. The average Bonchev–Trinajstić information content (AvgIpc) is 3.24. The van der Waals surface area contributed by atoms with Crippen molar-refractivity contribution in [3.63, 3.8) is 0 Å². The van der Waals surface area contributed by atoms with Crippen LogP contribution in [0.15, 0.2) is 82.2 Å². The molecular weight excluding hydrogens is 550 g/mol. The number of benzene rings is 3. The van der Waals surface area contributed by atoms with Crippen LogP contribution in [0.5, 0.6) is 5.75 Å². The average molecular weight is 574 g/mol. The van der Waals surface area contributed by atoms with E-state index in [1.54, 1.807) is 48.5 Å². The maximum Gasteiger partial charge on any atom is 0.337 e. The Morgan fingerprint density at radius 2 is 1.76 bits per heavy atom. The number of carbonyl (C=O) groups is 4. The van der Waals surface area contributed by atoms with Crippen molar-refractivity contribution >= 4 is 45.8 Å². The zero-order chi connectivity index (χ0) is 29.1. The minimum Gasteiger partial charge on any atom is -0.489 e. The Labute approximate surface area is 237 Å². The first-order valence-corrected chi connectivity index (χ1v) is 13.3. The highest BCUT2D eigenvalue weighted by atomic mass is 32.2. The third-order valence-electron chi connectivity index (χ3n) is 6.52. The lowest BCUT2D eigenvalue weighted by Gasteiger charge is -2.14. The van der Waals surface area contributed by atoms with Gasteiger partial charge in [-0.2, -0.15) is 0 Å². The molecule has 1 saturated heterocycles. The number of esters is 1. The van der Waals surface area contributed by atoms with Crippen LogP contribution in [0.1, 0.15) is 37.4 Å². The summed E-state index contributed by atoms with van der Waals surface area (Å²) in [6.07, 6.45) is 1.30. The number of carbonyl (C=O) groups excluding carboxylic acids is 3. The van der Waals surface area contributed by atoms with Gasteiger partial charge in [0.15, 0.2) is 5.43 Å². The summed E-state index contributed by atoms with van der Waals surface area (Å²) in [6, 6.07) is 17.6. The maximum atomic E-state index is 13.2. The Morgan fingerprint density at radius 3 is 2.49 bits per heavy atom. The molecule has 0 spiro atoms. The van der Waals surface area contributed by atoms with Crippen molar-refractivity contribution in [1.29, 1.82) is 0 Å². The predicted molar refractivity (Wildman–Crippen MR) is 149 cm³/mol. The molecular formula is C30H23NO9S. The van der Waals surface area contributed by atoms with E-state index >= 15 is 0 Å². The number of aromatic carboxylic acids is 1. The van der Waals surface area contributed by atoms with E-state index in [1.807, 2.05) is 6.07 Å².